The number of likely N-dealkylation sites (tertiary alicyclic amines) is 1. The van der Waals surface area contributed by atoms with E-state index >= 15 is 0 Å². The molecule has 5 heteroatoms. The Morgan fingerprint density at radius 3 is 2.83 bits per heavy atom. The zero-order valence-electron chi connectivity index (χ0n) is 14.3. The Balaban J connectivity index is 1.38. The number of aromatic nitrogens is 1. The van der Waals surface area contributed by atoms with Crippen molar-refractivity contribution in [3.63, 3.8) is 0 Å². The van der Waals surface area contributed by atoms with Gasteiger partial charge >= 0.3 is 0 Å². The predicted molar refractivity (Wildman–Crippen MR) is 96.5 cm³/mol. The topological polar surface area (TPSA) is 63.4 Å². The van der Waals surface area contributed by atoms with Crippen molar-refractivity contribution in [2.75, 3.05) is 26.2 Å². The van der Waals surface area contributed by atoms with Crippen molar-refractivity contribution in [2.45, 2.75) is 38.6 Å². The molecule has 0 spiro atoms. The minimum atomic E-state index is 0.538. The zero-order valence-corrected chi connectivity index (χ0v) is 14.3. The standard InChI is InChI=1S/C19H28N4O/c20-17-6-7-18(17)21-9-2-5-13-24-19-14-16(8-10-22-19)15-23-11-3-1-4-12-23/h2,5,8,10,14,21H,1,3-4,6-7,9,11-13,15,20H2/b5-2-. The van der Waals surface area contributed by atoms with Crippen molar-refractivity contribution in [1.29, 1.82) is 0 Å². The van der Waals surface area contributed by atoms with Gasteiger partial charge < -0.3 is 15.8 Å². The van der Waals surface area contributed by atoms with Crippen LogP contribution in [0.15, 0.2) is 41.9 Å². The second-order valence-corrected chi connectivity index (χ2v) is 6.51. The number of rotatable bonds is 8. The van der Waals surface area contributed by atoms with Crippen LogP contribution in [-0.2, 0) is 6.54 Å². The highest BCUT2D eigenvalue weighted by Gasteiger charge is 2.12. The SMILES string of the molecule is NC1=C(NC/C=C\COc2cc(CN3CCCCC3)ccn2)CC1. The summed E-state index contributed by atoms with van der Waals surface area (Å²) >= 11 is 0. The second kappa shape index (κ2) is 8.73. The molecule has 5 nitrogen and oxygen atoms in total. The summed E-state index contributed by atoms with van der Waals surface area (Å²) in [6.07, 6.45) is 12.0. The Bertz CT molecular complexity index is 591. The number of allylic oxidation sites excluding steroid dienone is 2. The molecule has 0 amide bonds. The first-order valence-corrected chi connectivity index (χ1v) is 8.98. The molecule has 0 bridgehead atoms. The van der Waals surface area contributed by atoms with Gasteiger partial charge in [-0.05, 0) is 56.5 Å². The van der Waals surface area contributed by atoms with Gasteiger partial charge in [-0.2, -0.15) is 0 Å². The highest BCUT2D eigenvalue weighted by atomic mass is 16.5. The van der Waals surface area contributed by atoms with Gasteiger partial charge in [-0.15, -0.1) is 0 Å². The van der Waals surface area contributed by atoms with E-state index in [1.165, 1.54) is 43.6 Å². The molecule has 1 fully saturated rings. The fraction of sp³-hybridized carbons (Fsp3) is 0.526. The van der Waals surface area contributed by atoms with Crippen molar-refractivity contribution < 1.29 is 4.74 Å². The maximum atomic E-state index is 5.78. The number of nitrogens with zero attached hydrogens (tertiary/aromatic N) is 2. The maximum absolute atomic E-state index is 5.78. The van der Waals surface area contributed by atoms with Crippen molar-refractivity contribution in [1.82, 2.24) is 15.2 Å². The normalized spacial score (nSPS) is 18.7. The lowest BCUT2D eigenvalue weighted by atomic mass is 10.0. The van der Waals surface area contributed by atoms with Crippen molar-refractivity contribution in [2.24, 2.45) is 5.73 Å². The molecule has 0 aromatic carbocycles. The summed E-state index contributed by atoms with van der Waals surface area (Å²) in [5.41, 5.74) is 9.24. The molecule has 1 aromatic rings. The molecule has 130 valence electrons. The van der Waals surface area contributed by atoms with Crippen LogP contribution >= 0.6 is 0 Å². The fourth-order valence-electron chi connectivity index (χ4n) is 3.07. The van der Waals surface area contributed by atoms with Gasteiger partial charge in [-0.1, -0.05) is 12.5 Å². The first kappa shape index (κ1) is 16.8. The lowest BCUT2D eigenvalue weighted by Gasteiger charge is -2.26. The van der Waals surface area contributed by atoms with E-state index in [2.05, 4.69) is 33.4 Å². The van der Waals surface area contributed by atoms with Crippen molar-refractivity contribution >= 4 is 0 Å². The fourth-order valence-corrected chi connectivity index (χ4v) is 3.07. The van der Waals surface area contributed by atoms with Crippen LogP contribution in [0.5, 0.6) is 5.88 Å². The zero-order chi connectivity index (χ0) is 16.6. The van der Waals surface area contributed by atoms with Gasteiger partial charge in [0.15, 0.2) is 0 Å². The monoisotopic (exact) mass is 328 g/mol. The Morgan fingerprint density at radius 1 is 1.21 bits per heavy atom. The van der Waals surface area contributed by atoms with Crippen LogP contribution < -0.4 is 15.8 Å². The molecule has 3 rings (SSSR count). The molecule has 0 atom stereocenters. The molecular weight excluding hydrogens is 300 g/mol. The second-order valence-electron chi connectivity index (χ2n) is 6.51. The molecule has 2 aliphatic rings. The summed E-state index contributed by atoms with van der Waals surface area (Å²) in [4.78, 5) is 6.81. The number of hydrogen-bond acceptors (Lipinski definition) is 5. The number of pyridine rings is 1. The van der Waals surface area contributed by atoms with E-state index in [1.54, 1.807) is 0 Å². The van der Waals surface area contributed by atoms with Crippen LogP contribution in [0, 0.1) is 0 Å². The van der Waals surface area contributed by atoms with Crippen LogP contribution in [0.3, 0.4) is 0 Å². The maximum Gasteiger partial charge on any atom is 0.213 e. The van der Waals surface area contributed by atoms with Crippen LogP contribution in [0.25, 0.3) is 0 Å². The van der Waals surface area contributed by atoms with E-state index in [9.17, 15) is 0 Å². The largest absolute Gasteiger partial charge is 0.473 e. The lowest BCUT2D eigenvalue weighted by molar-refractivity contribution is 0.220. The Labute approximate surface area is 144 Å². The molecule has 0 radical (unpaired) electrons. The number of piperidine rings is 1. The van der Waals surface area contributed by atoms with E-state index in [0.29, 0.717) is 12.5 Å². The highest BCUT2D eigenvalue weighted by Crippen LogP contribution is 2.20. The molecule has 24 heavy (non-hydrogen) atoms. The predicted octanol–water partition coefficient (Wildman–Crippen LogP) is 2.56. The first-order valence-electron chi connectivity index (χ1n) is 8.98. The minimum Gasteiger partial charge on any atom is -0.473 e. The van der Waals surface area contributed by atoms with E-state index < -0.39 is 0 Å². The van der Waals surface area contributed by atoms with E-state index in [-0.39, 0.29) is 0 Å². The molecule has 1 saturated heterocycles. The van der Waals surface area contributed by atoms with E-state index in [0.717, 1.165) is 31.6 Å². The van der Waals surface area contributed by atoms with Crippen molar-refractivity contribution in [3.05, 3.63) is 47.4 Å². The Kier molecular flexibility index (Phi) is 6.13. The molecule has 0 saturated carbocycles. The van der Waals surface area contributed by atoms with Gasteiger partial charge in [0.2, 0.25) is 5.88 Å². The summed E-state index contributed by atoms with van der Waals surface area (Å²) in [5, 5.41) is 3.31. The molecule has 2 heterocycles. The van der Waals surface area contributed by atoms with Crippen LogP contribution in [-0.4, -0.2) is 36.1 Å². The van der Waals surface area contributed by atoms with Crippen molar-refractivity contribution in [3.8, 4) is 5.88 Å². The molecule has 1 aliphatic heterocycles. The van der Waals surface area contributed by atoms with Gasteiger partial charge in [-0.3, -0.25) is 4.90 Å². The summed E-state index contributed by atoms with van der Waals surface area (Å²) in [6, 6.07) is 4.14. The third kappa shape index (κ3) is 4.99. The molecule has 3 N–H and O–H groups in total. The third-order valence-electron chi connectivity index (χ3n) is 4.61. The highest BCUT2D eigenvalue weighted by molar-refractivity contribution is 5.21. The van der Waals surface area contributed by atoms with E-state index in [1.807, 2.05) is 12.3 Å². The summed E-state index contributed by atoms with van der Waals surface area (Å²) < 4.78 is 5.72. The van der Waals surface area contributed by atoms with Gasteiger partial charge in [0.25, 0.3) is 0 Å². The van der Waals surface area contributed by atoms with Gasteiger partial charge in [0.1, 0.15) is 6.61 Å². The summed E-state index contributed by atoms with van der Waals surface area (Å²) in [6.45, 7) is 4.73. The number of nitrogens with two attached hydrogens (primary N) is 1. The summed E-state index contributed by atoms with van der Waals surface area (Å²) in [7, 11) is 0. The van der Waals surface area contributed by atoms with Crippen LogP contribution in [0.2, 0.25) is 0 Å². The van der Waals surface area contributed by atoms with Gasteiger partial charge in [0, 0.05) is 36.7 Å². The lowest BCUT2D eigenvalue weighted by Crippen LogP contribution is -2.29. The average Bonchev–Trinajstić information content (AvgIpc) is 2.61. The third-order valence-corrected chi connectivity index (χ3v) is 4.61. The average molecular weight is 328 g/mol. The quantitative estimate of drug-likeness (QED) is 0.718. The number of ether oxygens (including phenoxy) is 1. The molecule has 0 unspecified atom stereocenters. The molecule has 1 aliphatic carbocycles. The first-order chi connectivity index (χ1) is 11.8. The number of nitrogens with one attached hydrogen (secondary N) is 1. The van der Waals surface area contributed by atoms with E-state index in [4.69, 9.17) is 10.5 Å². The van der Waals surface area contributed by atoms with Crippen LogP contribution in [0.4, 0.5) is 0 Å². The Hall–Kier alpha value is -2.01. The minimum absolute atomic E-state index is 0.538. The number of hydrogen-bond donors (Lipinski definition) is 2. The van der Waals surface area contributed by atoms with Gasteiger partial charge in [0.05, 0.1) is 0 Å². The smallest absolute Gasteiger partial charge is 0.213 e. The molecular formula is C19H28N4O. The van der Waals surface area contributed by atoms with Gasteiger partial charge in [-0.25, -0.2) is 4.98 Å². The summed E-state index contributed by atoms with van der Waals surface area (Å²) in [5.74, 6) is 0.702. The molecule has 1 aromatic heterocycles. The Morgan fingerprint density at radius 2 is 2.08 bits per heavy atom. The van der Waals surface area contributed by atoms with Crippen LogP contribution in [0.1, 0.15) is 37.7 Å².